The number of imidazole rings is 1. The highest BCUT2D eigenvalue weighted by atomic mass is 35.5. The summed E-state index contributed by atoms with van der Waals surface area (Å²) in [5.41, 5.74) is 2.38. The first-order valence-corrected chi connectivity index (χ1v) is 13.6. The van der Waals surface area contributed by atoms with Crippen molar-refractivity contribution in [1.29, 1.82) is 0 Å². The summed E-state index contributed by atoms with van der Waals surface area (Å²) in [6.45, 7) is 3.34. The molecule has 0 bridgehead atoms. The van der Waals surface area contributed by atoms with Crippen molar-refractivity contribution in [1.82, 2.24) is 19.4 Å². The lowest BCUT2D eigenvalue weighted by Crippen LogP contribution is -2.53. The fraction of sp³-hybridized carbons (Fsp3) is 0.407. The number of hydrogen-bond donors (Lipinski definition) is 1. The minimum Gasteiger partial charge on any atom is -0.377 e. The van der Waals surface area contributed by atoms with Crippen LogP contribution < -0.4 is 9.47 Å². The molecule has 2 aliphatic rings. The average molecular weight is 580 g/mol. The molecular formula is C27H28Cl2F3N6O+. The normalized spacial score (nSPS) is 20.5. The first kappa shape index (κ1) is 26.4. The zero-order valence-corrected chi connectivity index (χ0v) is 22.8. The van der Waals surface area contributed by atoms with Crippen molar-refractivity contribution in [3.8, 4) is 0 Å². The zero-order chi connectivity index (χ0) is 27.3. The van der Waals surface area contributed by atoms with Gasteiger partial charge in [0.25, 0.3) is 0 Å². The molecule has 0 spiro atoms. The lowest BCUT2D eigenvalue weighted by Gasteiger charge is -2.42. The molecule has 6 rings (SSSR count). The minimum atomic E-state index is -4.63. The van der Waals surface area contributed by atoms with Crippen LogP contribution in [-0.2, 0) is 30.9 Å². The monoisotopic (exact) mass is 579 g/mol. The molecular weight excluding hydrogens is 552 g/mol. The number of nitrogens with one attached hydrogen (secondary N) is 1. The van der Waals surface area contributed by atoms with E-state index in [0.29, 0.717) is 37.9 Å². The maximum atomic E-state index is 13.6. The Morgan fingerprint density at radius 1 is 1.15 bits per heavy atom. The van der Waals surface area contributed by atoms with Crippen LogP contribution in [0.4, 0.5) is 19.0 Å². The summed E-state index contributed by atoms with van der Waals surface area (Å²) in [4.78, 5) is 11.9. The Balaban J connectivity index is 1.33. The molecule has 1 saturated heterocycles. The standard InChI is InChI=1S/C27H28Cl2F3N6O/c1-35-8-9-36(16-35)14-23-25-19(20-12-17(28)2-4-22(20)33-25)6-7-37(23)13-18-15-39-11-10-38(18)24-5-3-21(29)26(34-24)27(30,31)32/h2-5,8-9,12,16,18,23,33H,6-7,10-11,13-15H2,1H3/q+1. The van der Waals surface area contributed by atoms with E-state index in [1.54, 1.807) is 6.07 Å². The molecule has 1 N–H and O–H groups in total. The Labute approximate surface area is 233 Å². The first-order chi connectivity index (χ1) is 18.7. The number of H-pyrrole nitrogens is 1. The van der Waals surface area contributed by atoms with E-state index in [4.69, 9.17) is 27.9 Å². The number of fused-ring (bicyclic) bond motifs is 3. The zero-order valence-electron chi connectivity index (χ0n) is 21.3. The van der Waals surface area contributed by atoms with E-state index in [1.165, 1.54) is 11.6 Å². The van der Waals surface area contributed by atoms with Gasteiger partial charge in [0.05, 0.1) is 37.4 Å². The number of alkyl halides is 3. The fourth-order valence-corrected chi connectivity index (χ4v) is 6.18. The molecule has 2 atom stereocenters. The fourth-order valence-electron chi connectivity index (χ4n) is 5.79. The molecule has 2 unspecified atom stereocenters. The van der Waals surface area contributed by atoms with E-state index in [9.17, 15) is 13.2 Å². The number of aromatic amines is 1. The van der Waals surface area contributed by atoms with Crippen LogP contribution >= 0.6 is 23.2 Å². The van der Waals surface area contributed by atoms with Crippen molar-refractivity contribution in [3.05, 3.63) is 76.0 Å². The summed E-state index contributed by atoms with van der Waals surface area (Å²) in [5, 5.41) is 1.43. The van der Waals surface area contributed by atoms with E-state index in [2.05, 4.69) is 19.4 Å². The summed E-state index contributed by atoms with van der Waals surface area (Å²) in [6.07, 6.45) is 2.28. The van der Waals surface area contributed by atoms with Gasteiger partial charge in [-0.05, 0) is 42.3 Å². The molecule has 3 aromatic heterocycles. The Hall–Kier alpha value is -2.79. The van der Waals surface area contributed by atoms with E-state index < -0.39 is 16.9 Å². The van der Waals surface area contributed by atoms with Crippen LogP contribution in [0.5, 0.6) is 0 Å². The van der Waals surface area contributed by atoms with Gasteiger partial charge < -0.3 is 14.6 Å². The number of nitrogens with zero attached hydrogens (tertiary/aromatic N) is 5. The number of rotatable bonds is 5. The molecule has 1 fully saturated rings. The lowest BCUT2D eigenvalue weighted by atomic mass is 9.96. The molecule has 5 heterocycles. The van der Waals surface area contributed by atoms with Gasteiger partial charge in [-0.3, -0.25) is 4.90 Å². The van der Waals surface area contributed by atoms with Crippen LogP contribution in [0, 0.1) is 0 Å². The molecule has 0 saturated carbocycles. The predicted octanol–water partition coefficient (Wildman–Crippen LogP) is 5.02. The van der Waals surface area contributed by atoms with Crippen molar-refractivity contribution in [2.24, 2.45) is 7.05 Å². The van der Waals surface area contributed by atoms with Gasteiger partial charge in [-0.2, -0.15) is 13.2 Å². The Bertz CT molecular complexity index is 1500. The van der Waals surface area contributed by atoms with Gasteiger partial charge in [0.15, 0.2) is 5.69 Å². The Morgan fingerprint density at radius 2 is 2.00 bits per heavy atom. The molecule has 39 heavy (non-hydrogen) atoms. The van der Waals surface area contributed by atoms with E-state index in [-0.39, 0.29) is 17.9 Å². The van der Waals surface area contributed by atoms with Crippen LogP contribution in [0.2, 0.25) is 10.0 Å². The SMILES string of the molecule is C[n+]1ccn(CC2c3[nH]c4ccc(Cl)cc4c3CCN2CC2COCCN2c2ccc(Cl)c(C(F)(F)F)n2)c1. The number of hydrogen-bond acceptors (Lipinski definition) is 4. The van der Waals surface area contributed by atoms with Crippen LogP contribution in [0.3, 0.4) is 0 Å². The second kappa shape index (κ2) is 10.3. The highest BCUT2D eigenvalue weighted by molar-refractivity contribution is 6.31. The van der Waals surface area contributed by atoms with Gasteiger partial charge in [-0.15, -0.1) is 0 Å². The number of benzene rings is 1. The van der Waals surface area contributed by atoms with Crippen molar-refractivity contribution >= 4 is 39.9 Å². The number of halogens is 5. The van der Waals surface area contributed by atoms with Crippen molar-refractivity contribution in [2.75, 3.05) is 37.7 Å². The molecule has 0 radical (unpaired) electrons. The van der Waals surface area contributed by atoms with Crippen molar-refractivity contribution < 1.29 is 22.5 Å². The molecule has 0 aliphatic carbocycles. The first-order valence-electron chi connectivity index (χ1n) is 12.8. The molecule has 12 heteroatoms. The van der Waals surface area contributed by atoms with Gasteiger partial charge in [0.2, 0.25) is 6.33 Å². The molecule has 1 aromatic carbocycles. The summed E-state index contributed by atoms with van der Waals surface area (Å²) in [6, 6.07) is 8.57. The number of aryl methyl sites for hydroxylation is 1. The number of ether oxygens (including phenoxy) is 1. The molecule has 206 valence electrons. The topological polar surface area (TPSA) is 53.2 Å². The Kier molecular flexibility index (Phi) is 6.99. The van der Waals surface area contributed by atoms with Crippen molar-refractivity contribution in [3.63, 3.8) is 0 Å². The summed E-state index contributed by atoms with van der Waals surface area (Å²) in [7, 11) is 1.98. The van der Waals surface area contributed by atoms with Gasteiger partial charge >= 0.3 is 6.18 Å². The van der Waals surface area contributed by atoms with Crippen molar-refractivity contribution in [2.45, 2.75) is 31.2 Å². The van der Waals surface area contributed by atoms with Gasteiger partial charge in [0, 0.05) is 41.3 Å². The largest absolute Gasteiger partial charge is 0.434 e. The molecule has 7 nitrogen and oxygen atoms in total. The third kappa shape index (κ3) is 5.23. The quantitative estimate of drug-likeness (QED) is 0.337. The molecule has 0 amide bonds. The van der Waals surface area contributed by atoms with E-state index in [0.717, 1.165) is 29.6 Å². The second-order valence-electron chi connectivity index (χ2n) is 10.2. The summed E-state index contributed by atoms with van der Waals surface area (Å²) >= 11 is 12.2. The highest BCUT2D eigenvalue weighted by Crippen LogP contribution is 2.38. The summed E-state index contributed by atoms with van der Waals surface area (Å²) in [5.74, 6) is 0.256. The minimum absolute atomic E-state index is 0.0139. The van der Waals surface area contributed by atoms with Crippen LogP contribution in [-0.4, -0.2) is 58.3 Å². The van der Waals surface area contributed by atoms with Gasteiger partial charge in [0.1, 0.15) is 24.8 Å². The van der Waals surface area contributed by atoms with Crippen LogP contribution in [0.1, 0.15) is 23.0 Å². The van der Waals surface area contributed by atoms with Crippen LogP contribution in [0.25, 0.3) is 10.9 Å². The third-order valence-corrected chi connectivity index (χ3v) is 8.14. The third-order valence-electron chi connectivity index (χ3n) is 7.60. The molecule has 4 aromatic rings. The maximum Gasteiger partial charge on any atom is 0.434 e. The Morgan fingerprint density at radius 3 is 2.77 bits per heavy atom. The van der Waals surface area contributed by atoms with Gasteiger partial charge in [-0.25, -0.2) is 14.1 Å². The second-order valence-corrected chi connectivity index (χ2v) is 11.0. The van der Waals surface area contributed by atoms with Gasteiger partial charge in [-0.1, -0.05) is 23.2 Å². The number of aromatic nitrogens is 4. The average Bonchev–Trinajstić information content (AvgIpc) is 3.48. The van der Waals surface area contributed by atoms with Crippen LogP contribution in [0.15, 0.2) is 49.1 Å². The predicted molar refractivity (Wildman–Crippen MR) is 143 cm³/mol. The highest BCUT2D eigenvalue weighted by Gasteiger charge is 2.38. The van der Waals surface area contributed by atoms with E-state index in [1.807, 2.05) is 53.4 Å². The lowest BCUT2D eigenvalue weighted by molar-refractivity contribution is -0.671. The smallest absolute Gasteiger partial charge is 0.377 e. The summed E-state index contributed by atoms with van der Waals surface area (Å²) < 4.78 is 50.7. The molecule has 2 aliphatic heterocycles. The number of morpholine rings is 1. The maximum absolute atomic E-state index is 13.6. The number of anilines is 1. The number of pyridine rings is 1. The van der Waals surface area contributed by atoms with E-state index >= 15 is 0 Å².